The molecule has 0 fully saturated rings. The van der Waals surface area contributed by atoms with E-state index in [9.17, 15) is 0 Å². The zero-order chi connectivity index (χ0) is 13.8. The molecule has 0 aliphatic heterocycles. The fraction of sp³-hybridized carbons (Fsp3) is 0.294. The lowest BCUT2D eigenvalue weighted by molar-refractivity contribution is 0.415. The molecule has 2 heteroatoms. The maximum Gasteiger partial charge on any atom is 0.129 e. The van der Waals surface area contributed by atoms with Crippen molar-refractivity contribution in [3.63, 3.8) is 0 Å². The second-order valence-corrected chi connectivity index (χ2v) is 7.20. The van der Waals surface area contributed by atoms with Gasteiger partial charge in [-0.25, -0.2) is 0 Å². The molecule has 0 unspecified atom stereocenters. The lowest BCUT2D eigenvalue weighted by Crippen LogP contribution is -2.16. The van der Waals surface area contributed by atoms with Gasteiger partial charge in [-0.05, 0) is 50.4 Å². The van der Waals surface area contributed by atoms with Gasteiger partial charge in [-0.2, -0.15) is 0 Å². The van der Waals surface area contributed by atoms with Crippen molar-refractivity contribution in [3.8, 4) is 5.75 Å². The Morgan fingerprint density at radius 1 is 1.05 bits per heavy atom. The largest absolute Gasteiger partial charge is 0.496 e. The molecule has 1 nitrogen and oxygen atoms in total. The van der Waals surface area contributed by atoms with Crippen molar-refractivity contribution in [2.75, 3.05) is 13.3 Å². The third-order valence-electron chi connectivity index (χ3n) is 3.28. The Morgan fingerprint density at radius 3 is 2.32 bits per heavy atom. The molecule has 0 saturated heterocycles. The third-order valence-corrected chi connectivity index (χ3v) is 5.75. The minimum absolute atomic E-state index is 0.333. The first-order chi connectivity index (χ1) is 9.17. The minimum atomic E-state index is -0.333. The fourth-order valence-electron chi connectivity index (χ4n) is 2.50. The smallest absolute Gasteiger partial charge is 0.129 e. The van der Waals surface area contributed by atoms with Crippen LogP contribution in [0.2, 0.25) is 0 Å². The number of benzene rings is 2. The van der Waals surface area contributed by atoms with Crippen LogP contribution in [0.25, 0.3) is 0 Å². The van der Waals surface area contributed by atoms with Crippen molar-refractivity contribution < 1.29 is 4.74 Å². The third kappa shape index (κ3) is 2.98. The maximum atomic E-state index is 5.65. The molecule has 0 aromatic heterocycles. The highest BCUT2D eigenvalue weighted by atomic mass is 31.1. The Balaban J connectivity index is 2.55. The Hall–Kier alpha value is -1.33. The van der Waals surface area contributed by atoms with Gasteiger partial charge in [0.05, 0.1) is 7.11 Å². The summed E-state index contributed by atoms with van der Waals surface area (Å²) in [6, 6.07) is 15.2. The van der Waals surface area contributed by atoms with E-state index in [1.165, 1.54) is 21.7 Å². The van der Waals surface area contributed by atoms with E-state index in [4.69, 9.17) is 4.74 Å². The van der Waals surface area contributed by atoms with E-state index < -0.39 is 0 Å². The van der Waals surface area contributed by atoms with E-state index in [1.54, 1.807) is 7.11 Å². The van der Waals surface area contributed by atoms with Crippen molar-refractivity contribution in [1.29, 1.82) is 0 Å². The normalized spacial score (nSPS) is 12.2. The van der Waals surface area contributed by atoms with Crippen LogP contribution in [0.3, 0.4) is 0 Å². The number of hydrogen-bond acceptors (Lipinski definition) is 1. The minimum Gasteiger partial charge on any atom is -0.496 e. The summed E-state index contributed by atoms with van der Waals surface area (Å²) >= 11 is 0. The molecule has 19 heavy (non-hydrogen) atoms. The first-order valence-corrected chi connectivity index (χ1v) is 8.18. The van der Waals surface area contributed by atoms with Gasteiger partial charge >= 0.3 is 0 Å². The second-order valence-electron chi connectivity index (χ2n) is 4.71. The van der Waals surface area contributed by atoms with E-state index in [1.807, 2.05) is 0 Å². The van der Waals surface area contributed by atoms with Crippen LogP contribution >= 0.6 is 7.92 Å². The summed E-state index contributed by atoms with van der Waals surface area (Å²) in [6.45, 7) is 6.55. The molecule has 0 amide bonds. The lowest BCUT2D eigenvalue weighted by Gasteiger charge is -2.21. The first-order valence-electron chi connectivity index (χ1n) is 6.65. The summed E-state index contributed by atoms with van der Waals surface area (Å²) in [5, 5.41) is 2.78. The van der Waals surface area contributed by atoms with E-state index in [0.717, 1.165) is 11.9 Å². The summed E-state index contributed by atoms with van der Waals surface area (Å²) in [7, 11) is 1.44. The van der Waals surface area contributed by atoms with Gasteiger partial charge < -0.3 is 4.74 Å². The summed E-state index contributed by atoms with van der Waals surface area (Å²) in [5.41, 5.74) is 2.54. The first kappa shape index (κ1) is 14.1. The van der Waals surface area contributed by atoms with Crippen molar-refractivity contribution in [3.05, 3.63) is 53.6 Å². The molecule has 100 valence electrons. The highest BCUT2D eigenvalue weighted by molar-refractivity contribution is 7.73. The van der Waals surface area contributed by atoms with Gasteiger partial charge in [-0.1, -0.05) is 43.3 Å². The van der Waals surface area contributed by atoms with Crippen molar-refractivity contribution in [1.82, 2.24) is 0 Å². The monoisotopic (exact) mass is 272 g/mol. The predicted molar refractivity (Wildman–Crippen MR) is 85.6 cm³/mol. The second kappa shape index (κ2) is 6.21. The number of rotatable bonds is 4. The van der Waals surface area contributed by atoms with Gasteiger partial charge in [0.1, 0.15) is 5.75 Å². The van der Waals surface area contributed by atoms with Gasteiger partial charge in [0.25, 0.3) is 0 Å². The predicted octanol–water partition coefficient (Wildman–Crippen LogP) is 3.76. The molecule has 1 atom stereocenters. The molecule has 0 N–H and O–H groups in total. The van der Waals surface area contributed by atoms with Crippen molar-refractivity contribution >= 4 is 18.5 Å². The van der Waals surface area contributed by atoms with E-state index >= 15 is 0 Å². The summed E-state index contributed by atoms with van der Waals surface area (Å²) in [4.78, 5) is 0. The average Bonchev–Trinajstić information content (AvgIpc) is 2.40. The molecule has 0 radical (unpaired) electrons. The molecule has 0 spiro atoms. The summed E-state index contributed by atoms with van der Waals surface area (Å²) in [5.74, 6) is 1.06. The Bertz CT molecular complexity index is 549. The molecular weight excluding hydrogens is 251 g/mol. The fourth-order valence-corrected chi connectivity index (χ4v) is 4.89. The highest BCUT2D eigenvalue weighted by Crippen LogP contribution is 2.38. The van der Waals surface area contributed by atoms with Crippen molar-refractivity contribution in [2.24, 2.45) is 0 Å². The van der Waals surface area contributed by atoms with Crippen LogP contribution in [0.1, 0.15) is 18.1 Å². The Labute approximate surface area is 117 Å². The summed E-state index contributed by atoms with van der Waals surface area (Å²) in [6.07, 6.45) is 1.14. The quantitative estimate of drug-likeness (QED) is 0.770. The Kier molecular flexibility index (Phi) is 4.61. The topological polar surface area (TPSA) is 9.23 Å². The lowest BCUT2D eigenvalue weighted by atomic mass is 10.1. The van der Waals surface area contributed by atoms with Crippen LogP contribution in [0.15, 0.2) is 42.5 Å². The maximum absolute atomic E-state index is 5.65. The number of aryl methyl sites for hydroxylation is 2. The molecule has 0 bridgehead atoms. The molecule has 2 rings (SSSR count). The van der Waals surface area contributed by atoms with E-state index in [-0.39, 0.29) is 7.92 Å². The van der Waals surface area contributed by atoms with Crippen LogP contribution < -0.4 is 15.3 Å². The molecule has 0 aliphatic carbocycles. The van der Waals surface area contributed by atoms with Crippen LogP contribution in [0.4, 0.5) is 0 Å². The van der Waals surface area contributed by atoms with Crippen molar-refractivity contribution in [2.45, 2.75) is 20.8 Å². The van der Waals surface area contributed by atoms with Crippen LogP contribution in [-0.2, 0) is 0 Å². The summed E-state index contributed by atoms with van der Waals surface area (Å²) < 4.78 is 5.65. The van der Waals surface area contributed by atoms with E-state index in [0.29, 0.717) is 0 Å². The molecular formula is C17H21OP. The number of hydrogen-bond donors (Lipinski definition) is 0. The van der Waals surface area contributed by atoms with Crippen LogP contribution in [-0.4, -0.2) is 13.3 Å². The molecule has 0 heterocycles. The van der Waals surface area contributed by atoms with Gasteiger partial charge in [-0.3, -0.25) is 0 Å². The zero-order valence-electron chi connectivity index (χ0n) is 12.1. The SMILES string of the molecule is CC[P@](c1ccccc1)c1cc(C)cc(C)c1OC. The van der Waals surface area contributed by atoms with Gasteiger partial charge in [0.2, 0.25) is 0 Å². The van der Waals surface area contributed by atoms with Crippen LogP contribution in [0, 0.1) is 13.8 Å². The molecule has 0 aliphatic rings. The van der Waals surface area contributed by atoms with Gasteiger partial charge in [-0.15, -0.1) is 0 Å². The van der Waals surface area contributed by atoms with Gasteiger partial charge in [0, 0.05) is 5.30 Å². The molecule has 2 aromatic carbocycles. The standard InChI is InChI=1S/C17H21OP/c1-5-19(15-9-7-6-8-10-15)16-12-13(2)11-14(3)17(16)18-4/h6-12H,5H2,1-4H3/t19-/m1/s1. The highest BCUT2D eigenvalue weighted by Gasteiger charge is 2.17. The van der Waals surface area contributed by atoms with Crippen LogP contribution in [0.5, 0.6) is 5.75 Å². The average molecular weight is 272 g/mol. The van der Waals surface area contributed by atoms with Gasteiger partial charge in [0.15, 0.2) is 0 Å². The number of methoxy groups -OCH3 is 1. The zero-order valence-corrected chi connectivity index (χ0v) is 13.0. The molecule has 0 saturated carbocycles. The molecule has 2 aromatic rings. The Morgan fingerprint density at radius 2 is 1.74 bits per heavy atom. The van der Waals surface area contributed by atoms with E-state index in [2.05, 4.69) is 63.2 Å². The number of ether oxygens (including phenoxy) is 1.